The van der Waals surface area contributed by atoms with E-state index in [9.17, 15) is 0 Å². The van der Waals surface area contributed by atoms with Crippen molar-refractivity contribution in [3.8, 4) is 0 Å². The van der Waals surface area contributed by atoms with Gasteiger partial charge in [-0.25, -0.2) is 0 Å². The zero-order chi connectivity index (χ0) is 6.85. The van der Waals surface area contributed by atoms with Crippen molar-refractivity contribution in [1.29, 1.82) is 0 Å². The van der Waals surface area contributed by atoms with Gasteiger partial charge in [-0.15, -0.1) is 0 Å². The van der Waals surface area contributed by atoms with Crippen LogP contribution in [0.3, 0.4) is 0 Å². The first-order valence-corrected chi connectivity index (χ1v) is 3.30. The summed E-state index contributed by atoms with van der Waals surface area (Å²) in [5.41, 5.74) is 2.35. The molecule has 0 aliphatic heterocycles. The second-order valence-electron chi connectivity index (χ2n) is 2.25. The van der Waals surface area contributed by atoms with E-state index in [-0.39, 0.29) is 25.9 Å². The maximum absolute atomic E-state index is 5.81. The first-order chi connectivity index (χ1) is 4.20. The summed E-state index contributed by atoms with van der Waals surface area (Å²) in [6.07, 6.45) is 0. The van der Waals surface area contributed by atoms with Crippen molar-refractivity contribution in [3.05, 3.63) is 34.3 Å². The summed E-state index contributed by atoms with van der Waals surface area (Å²) in [4.78, 5) is 0. The molecule has 0 heterocycles. The van der Waals surface area contributed by atoms with Crippen molar-refractivity contribution in [2.75, 3.05) is 0 Å². The Morgan fingerprint density at radius 3 is 2.30 bits per heavy atom. The van der Waals surface area contributed by atoms with Crippen LogP contribution in [-0.2, 0) is 0 Å². The van der Waals surface area contributed by atoms with Gasteiger partial charge in [0.1, 0.15) is 0 Å². The molecule has 0 bridgehead atoms. The second-order valence-corrected chi connectivity index (χ2v) is 2.66. The van der Waals surface area contributed by atoms with Gasteiger partial charge in [0, 0.05) is 5.02 Å². The Bertz CT molecular complexity index is 228. The molecule has 1 aromatic rings. The largest absolute Gasteiger partial charge is 2.00 e. The molecule has 0 nitrogen and oxygen atoms in total. The van der Waals surface area contributed by atoms with E-state index in [1.807, 2.05) is 26.0 Å². The molecule has 0 amide bonds. The number of benzene rings is 1. The van der Waals surface area contributed by atoms with Gasteiger partial charge in [-0.05, 0) is 31.0 Å². The van der Waals surface area contributed by atoms with Crippen LogP contribution in [0.25, 0.3) is 0 Å². The smallest absolute Gasteiger partial charge is 1.00 e. The molecule has 0 aliphatic carbocycles. The van der Waals surface area contributed by atoms with Crippen molar-refractivity contribution in [1.82, 2.24) is 0 Å². The summed E-state index contributed by atoms with van der Waals surface area (Å²) >= 11 is 5.81. The van der Waals surface area contributed by atoms with Crippen molar-refractivity contribution >= 4 is 34.7 Å². The summed E-state index contributed by atoms with van der Waals surface area (Å²) in [7, 11) is 0. The Morgan fingerprint density at radius 1 is 1.30 bits per heavy atom. The molecule has 0 radical (unpaired) electrons. The number of aryl methyl sites for hydroxylation is 2. The quantitative estimate of drug-likeness (QED) is 0.521. The molecule has 0 aromatic heterocycles. The summed E-state index contributed by atoms with van der Waals surface area (Å²) in [6, 6.07) is 6.05. The molecule has 10 heavy (non-hydrogen) atoms. The minimum atomic E-state index is 0. The molecular formula is C8H11ClMg. The van der Waals surface area contributed by atoms with Crippen molar-refractivity contribution in [2.24, 2.45) is 0 Å². The van der Waals surface area contributed by atoms with E-state index >= 15 is 0 Å². The van der Waals surface area contributed by atoms with Crippen LogP contribution in [0.15, 0.2) is 18.2 Å². The van der Waals surface area contributed by atoms with Crippen molar-refractivity contribution in [2.45, 2.75) is 13.8 Å². The Kier molecular flexibility index (Phi) is 4.33. The Morgan fingerprint density at radius 2 is 1.90 bits per heavy atom. The molecule has 0 atom stereocenters. The number of hydrogen-bond acceptors (Lipinski definition) is 0. The molecule has 0 unspecified atom stereocenters. The zero-order valence-electron chi connectivity index (χ0n) is 8.32. The minimum absolute atomic E-state index is 0. The number of hydrogen-bond donors (Lipinski definition) is 0. The fraction of sp³-hybridized carbons (Fsp3) is 0.250. The maximum Gasteiger partial charge on any atom is 2.00 e. The monoisotopic (exact) mass is 166 g/mol. The summed E-state index contributed by atoms with van der Waals surface area (Å²) in [5, 5.41) is 0.856. The van der Waals surface area contributed by atoms with Gasteiger partial charge in [0.2, 0.25) is 0 Å². The molecule has 1 aromatic carbocycles. The maximum atomic E-state index is 5.81. The van der Waals surface area contributed by atoms with E-state index in [4.69, 9.17) is 11.6 Å². The third kappa shape index (κ3) is 2.49. The van der Waals surface area contributed by atoms with Gasteiger partial charge < -0.3 is 2.85 Å². The van der Waals surface area contributed by atoms with Crippen LogP contribution in [0.2, 0.25) is 5.02 Å². The first kappa shape index (κ1) is 10.3. The van der Waals surface area contributed by atoms with E-state index in [1.165, 1.54) is 5.56 Å². The molecule has 0 spiro atoms. The van der Waals surface area contributed by atoms with Crippen LogP contribution >= 0.6 is 11.6 Å². The van der Waals surface area contributed by atoms with Crippen LogP contribution in [0, 0.1) is 13.8 Å². The normalized spacial score (nSPS) is 8.70. The van der Waals surface area contributed by atoms with Gasteiger partial charge in [0.15, 0.2) is 0 Å². The van der Waals surface area contributed by atoms with Crippen LogP contribution in [0.5, 0.6) is 0 Å². The Balaban J connectivity index is -0.000000270. The fourth-order valence-corrected chi connectivity index (χ4v) is 0.933. The molecule has 0 saturated carbocycles. The molecule has 1 rings (SSSR count). The van der Waals surface area contributed by atoms with E-state index in [2.05, 4.69) is 6.07 Å². The SMILES string of the molecule is Cc1ccc(C)c(Cl)c1.[H-].[H-].[Mg+2]. The van der Waals surface area contributed by atoms with E-state index < -0.39 is 0 Å². The van der Waals surface area contributed by atoms with Gasteiger partial charge in [0.25, 0.3) is 0 Å². The molecule has 52 valence electrons. The average Bonchev–Trinajstić information content (AvgIpc) is 1.80. The number of halogens is 1. The van der Waals surface area contributed by atoms with E-state index in [0.717, 1.165) is 10.6 Å². The Labute approximate surface area is 85.7 Å². The van der Waals surface area contributed by atoms with E-state index in [1.54, 1.807) is 0 Å². The third-order valence-electron chi connectivity index (χ3n) is 1.33. The second kappa shape index (κ2) is 4.22. The summed E-state index contributed by atoms with van der Waals surface area (Å²) < 4.78 is 0. The van der Waals surface area contributed by atoms with Gasteiger partial charge in [-0.2, -0.15) is 0 Å². The molecule has 0 fully saturated rings. The van der Waals surface area contributed by atoms with Crippen LogP contribution in [0.1, 0.15) is 14.0 Å². The Hall–Kier alpha value is 0.276. The predicted molar refractivity (Wildman–Crippen MR) is 48.9 cm³/mol. The fourth-order valence-electron chi connectivity index (χ4n) is 0.698. The van der Waals surface area contributed by atoms with Crippen LogP contribution < -0.4 is 0 Å². The number of rotatable bonds is 0. The molecule has 2 heteroatoms. The average molecular weight is 167 g/mol. The topological polar surface area (TPSA) is 0 Å². The third-order valence-corrected chi connectivity index (χ3v) is 1.73. The van der Waals surface area contributed by atoms with Crippen molar-refractivity contribution in [3.63, 3.8) is 0 Å². The van der Waals surface area contributed by atoms with Gasteiger partial charge in [-0.3, -0.25) is 0 Å². The standard InChI is InChI=1S/C8H9Cl.Mg.2H/c1-6-3-4-7(2)8(9)5-6;;;/h3-5H,1-2H3;;;/q;+2;2*-1. The molecule has 0 N–H and O–H groups in total. The first-order valence-electron chi connectivity index (χ1n) is 2.93. The van der Waals surface area contributed by atoms with Gasteiger partial charge in [-0.1, -0.05) is 23.7 Å². The van der Waals surface area contributed by atoms with Crippen molar-refractivity contribution < 1.29 is 2.85 Å². The minimum Gasteiger partial charge on any atom is -1.00 e. The van der Waals surface area contributed by atoms with Crippen LogP contribution in [0.4, 0.5) is 0 Å². The van der Waals surface area contributed by atoms with Crippen LogP contribution in [-0.4, -0.2) is 23.1 Å². The predicted octanol–water partition coefficient (Wildman–Crippen LogP) is 2.80. The molecular weight excluding hydrogens is 156 g/mol. The zero-order valence-corrected chi connectivity index (χ0v) is 8.49. The molecule has 0 saturated heterocycles. The van der Waals surface area contributed by atoms with Gasteiger partial charge >= 0.3 is 23.1 Å². The molecule has 0 aliphatic rings. The summed E-state index contributed by atoms with van der Waals surface area (Å²) in [5.74, 6) is 0. The van der Waals surface area contributed by atoms with Gasteiger partial charge in [0.05, 0.1) is 0 Å². The summed E-state index contributed by atoms with van der Waals surface area (Å²) in [6.45, 7) is 4.03. The van der Waals surface area contributed by atoms with E-state index in [0.29, 0.717) is 0 Å².